The molecule has 4 aromatic rings. The number of quaternary nitrogens is 1. The molecule has 0 aromatic heterocycles. The first-order valence-electron chi connectivity index (χ1n) is 14.3. The minimum Gasteiger partial charge on any atom is -0.358 e. The lowest BCUT2D eigenvalue weighted by molar-refractivity contribution is -0.256. The van der Waals surface area contributed by atoms with Gasteiger partial charge in [-0.15, -0.1) is 0 Å². The molecule has 0 saturated heterocycles. The van der Waals surface area contributed by atoms with E-state index < -0.39 is 0 Å². The average Bonchev–Trinajstić information content (AvgIpc) is 3.42. The molecule has 4 N–H and O–H groups in total. The number of fused-ring (bicyclic) bond motifs is 4. The van der Waals surface area contributed by atoms with Crippen LogP contribution >= 0.6 is 11.6 Å². The van der Waals surface area contributed by atoms with Gasteiger partial charge in [-0.3, -0.25) is 0 Å². The predicted octanol–water partition coefficient (Wildman–Crippen LogP) is 9.59. The van der Waals surface area contributed by atoms with Crippen LogP contribution in [0, 0.1) is 0 Å². The second-order valence-corrected chi connectivity index (χ2v) is 12.8. The summed E-state index contributed by atoms with van der Waals surface area (Å²) in [7, 11) is 0. The van der Waals surface area contributed by atoms with Gasteiger partial charge in [0, 0.05) is 27.4 Å². The van der Waals surface area contributed by atoms with Gasteiger partial charge >= 0.3 is 0 Å². The fraction of sp³-hybridized carbons (Fsp3) is 0.243. The van der Waals surface area contributed by atoms with Crippen molar-refractivity contribution in [2.24, 2.45) is 0 Å². The van der Waals surface area contributed by atoms with Crippen molar-refractivity contribution in [2.75, 3.05) is 5.32 Å². The Morgan fingerprint density at radius 1 is 0.875 bits per heavy atom. The largest absolute Gasteiger partial charge is 0.358 e. The fourth-order valence-electron chi connectivity index (χ4n) is 6.64. The molecule has 0 fully saturated rings. The summed E-state index contributed by atoms with van der Waals surface area (Å²) in [4.78, 5) is 0. The molecule has 2 nitrogen and oxygen atoms in total. The molecule has 1 heterocycles. The number of benzene rings is 4. The van der Waals surface area contributed by atoms with Crippen LogP contribution in [0.15, 0.2) is 119 Å². The maximum absolute atomic E-state index is 6.94. The molecule has 0 atom stereocenters. The first kappa shape index (κ1) is 26.6. The topological polar surface area (TPSA) is 39.7 Å². The highest BCUT2D eigenvalue weighted by atomic mass is 35.5. The standard InChI is InChI=1S/C37H37ClN2/c1-36(2,33-28-13-7-5-10-24(28)17-20-30(33)39)23-9-12-26-15-16-27(35(26)38)19-22-32-37(3,4)34-29-14-8-6-11-25(29)18-21-31(34)40-32/h5-14,17-22,40H,15-16,23,39H2,1-4H3/p+1/b12-9+,27-19+,32-22+. The Labute approximate surface area is 242 Å². The van der Waals surface area contributed by atoms with Gasteiger partial charge in [0.1, 0.15) is 5.69 Å². The first-order valence-corrected chi connectivity index (χ1v) is 14.6. The van der Waals surface area contributed by atoms with Crippen molar-refractivity contribution in [1.29, 1.82) is 0 Å². The third-order valence-corrected chi connectivity index (χ3v) is 9.30. The monoisotopic (exact) mass is 545 g/mol. The van der Waals surface area contributed by atoms with Gasteiger partial charge in [-0.05, 0) is 87.2 Å². The van der Waals surface area contributed by atoms with Gasteiger partial charge in [0.2, 0.25) is 0 Å². The van der Waals surface area contributed by atoms with Crippen LogP contribution in [0.1, 0.15) is 58.1 Å². The van der Waals surface area contributed by atoms with Crippen LogP contribution in [0.5, 0.6) is 0 Å². The molecule has 1 aliphatic heterocycles. The van der Waals surface area contributed by atoms with Crippen molar-refractivity contribution < 1.29 is 5.73 Å². The zero-order valence-electron chi connectivity index (χ0n) is 23.9. The summed E-state index contributed by atoms with van der Waals surface area (Å²) in [5, 5.41) is 9.75. The van der Waals surface area contributed by atoms with E-state index in [4.69, 9.17) is 11.6 Å². The summed E-state index contributed by atoms with van der Waals surface area (Å²) in [5.74, 6) is 0. The number of anilines is 1. The zero-order chi connectivity index (χ0) is 28.1. The van der Waals surface area contributed by atoms with Gasteiger partial charge in [-0.25, -0.2) is 0 Å². The maximum Gasteiger partial charge on any atom is 0.132 e. The van der Waals surface area contributed by atoms with Crippen molar-refractivity contribution in [1.82, 2.24) is 0 Å². The molecule has 0 bridgehead atoms. The van der Waals surface area contributed by atoms with E-state index in [1.54, 1.807) is 0 Å². The van der Waals surface area contributed by atoms with Crippen molar-refractivity contribution in [3.05, 3.63) is 130 Å². The zero-order valence-corrected chi connectivity index (χ0v) is 24.7. The molecular formula is C37H38ClN2+. The summed E-state index contributed by atoms with van der Waals surface area (Å²) >= 11 is 6.94. The van der Waals surface area contributed by atoms with Crippen molar-refractivity contribution >= 4 is 44.5 Å². The van der Waals surface area contributed by atoms with Crippen LogP contribution < -0.4 is 11.1 Å². The lowest BCUT2D eigenvalue weighted by Gasteiger charge is -2.25. The third-order valence-electron chi connectivity index (χ3n) is 8.81. The van der Waals surface area contributed by atoms with Crippen LogP contribution in [0.25, 0.3) is 21.5 Å². The third kappa shape index (κ3) is 4.60. The predicted molar refractivity (Wildman–Crippen MR) is 172 cm³/mol. The van der Waals surface area contributed by atoms with Crippen LogP contribution in [0.3, 0.4) is 0 Å². The number of hydrogen-bond acceptors (Lipinski definition) is 1. The molecule has 0 unspecified atom stereocenters. The Bertz CT molecular complexity index is 1760. The minimum absolute atomic E-state index is 0.0396. The molecule has 0 radical (unpaired) electrons. The van der Waals surface area contributed by atoms with Gasteiger partial charge in [0.05, 0.1) is 0 Å². The molecule has 3 heteroatoms. The van der Waals surface area contributed by atoms with Gasteiger partial charge in [-0.1, -0.05) is 112 Å². The highest BCUT2D eigenvalue weighted by molar-refractivity contribution is 6.33. The summed E-state index contributed by atoms with van der Waals surface area (Å²) in [6, 6.07) is 26.0. The lowest BCUT2D eigenvalue weighted by atomic mass is 9.78. The second kappa shape index (κ2) is 10.1. The summed E-state index contributed by atoms with van der Waals surface area (Å²) in [6.07, 6.45) is 11.9. The highest BCUT2D eigenvalue weighted by Crippen LogP contribution is 2.47. The number of nitrogens with one attached hydrogen (secondary N) is 1. The maximum atomic E-state index is 6.94. The van der Waals surface area contributed by atoms with Crippen LogP contribution in [-0.2, 0) is 10.8 Å². The Hall–Kier alpha value is -3.59. The molecule has 0 amide bonds. The number of halogens is 1. The summed E-state index contributed by atoms with van der Waals surface area (Å²) in [6.45, 7) is 9.23. The lowest BCUT2D eigenvalue weighted by Crippen LogP contribution is -2.43. The second-order valence-electron chi connectivity index (χ2n) is 12.4. The SMILES string of the molecule is CC(C)(C/C=C/C1=C(Cl)C(=C/C=C2/Nc3ccc4ccccc4c3C2(C)C)/CC1)c1c([NH3+])ccc2ccccc12. The van der Waals surface area contributed by atoms with E-state index >= 15 is 0 Å². The van der Waals surface area contributed by atoms with Crippen molar-refractivity contribution in [2.45, 2.75) is 57.8 Å². The molecular weight excluding hydrogens is 508 g/mol. The van der Waals surface area contributed by atoms with E-state index in [1.807, 2.05) is 0 Å². The number of rotatable bonds is 5. The smallest absolute Gasteiger partial charge is 0.132 e. The van der Waals surface area contributed by atoms with Crippen LogP contribution in [-0.4, -0.2) is 0 Å². The van der Waals surface area contributed by atoms with Gasteiger partial charge in [0.15, 0.2) is 0 Å². The summed E-state index contributed by atoms with van der Waals surface area (Å²) in [5.41, 5.74) is 12.9. The van der Waals surface area contributed by atoms with E-state index in [9.17, 15) is 0 Å². The van der Waals surface area contributed by atoms with E-state index in [0.717, 1.165) is 30.0 Å². The van der Waals surface area contributed by atoms with Crippen LogP contribution in [0.2, 0.25) is 0 Å². The summed E-state index contributed by atoms with van der Waals surface area (Å²) < 4.78 is 0. The minimum atomic E-state index is -0.106. The average molecular weight is 546 g/mol. The molecule has 0 saturated carbocycles. The Kier molecular flexibility index (Phi) is 6.73. The van der Waals surface area contributed by atoms with Crippen molar-refractivity contribution in [3.8, 4) is 0 Å². The van der Waals surface area contributed by atoms with E-state index in [0.29, 0.717) is 0 Å². The van der Waals surface area contributed by atoms with Gasteiger partial charge in [0.25, 0.3) is 0 Å². The molecule has 6 rings (SSSR count). The molecule has 0 spiro atoms. The van der Waals surface area contributed by atoms with Crippen molar-refractivity contribution in [3.63, 3.8) is 0 Å². The van der Waals surface area contributed by atoms with Gasteiger partial charge in [-0.2, -0.15) is 0 Å². The normalized spacial score (nSPS) is 18.9. The molecule has 202 valence electrons. The number of hydrogen-bond donors (Lipinski definition) is 2. The van der Waals surface area contributed by atoms with E-state index in [1.165, 1.54) is 55.2 Å². The van der Waals surface area contributed by atoms with E-state index in [2.05, 4.69) is 136 Å². The Morgan fingerprint density at radius 2 is 1.55 bits per heavy atom. The highest BCUT2D eigenvalue weighted by Gasteiger charge is 2.36. The molecule has 4 aromatic carbocycles. The van der Waals surface area contributed by atoms with E-state index in [-0.39, 0.29) is 10.8 Å². The quantitative estimate of drug-likeness (QED) is 0.257. The Morgan fingerprint density at radius 3 is 2.33 bits per heavy atom. The van der Waals surface area contributed by atoms with Crippen LogP contribution in [0.4, 0.5) is 11.4 Å². The molecule has 2 aliphatic rings. The van der Waals surface area contributed by atoms with Gasteiger partial charge < -0.3 is 11.1 Å². The fourth-order valence-corrected chi connectivity index (χ4v) is 6.96. The molecule has 1 aliphatic carbocycles. The number of allylic oxidation sites excluding steroid dienone is 8. The first-order chi connectivity index (χ1) is 19.2. The molecule has 40 heavy (non-hydrogen) atoms. The Balaban J connectivity index is 1.22.